The Bertz CT molecular complexity index is 1000. The molecule has 1 fully saturated rings. The molecule has 0 saturated carbocycles. The Morgan fingerprint density at radius 1 is 1.14 bits per heavy atom. The van der Waals surface area contributed by atoms with E-state index in [1.165, 1.54) is 18.5 Å². The van der Waals surface area contributed by atoms with E-state index in [0.717, 1.165) is 36.8 Å². The van der Waals surface area contributed by atoms with E-state index >= 15 is 0 Å². The van der Waals surface area contributed by atoms with Crippen LogP contribution in [0, 0.1) is 5.82 Å². The van der Waals surface area contributed by atoms with E-state index in [1.54, 1.807) is 13.2 Å². The quantitative estimate of drug-likeness (QED) is 0.600. The van der Waals surface area contributed by atoms with Gasteiger partial charge in [-0.05, 0) is 50.2 Å². The minimum absolute atomic E-state index is 0. The molecule has 0 bridgehead atoms. The maximum atomic E-state index is 13.4. The number of nitrogens with zero attached hydrogens (tertiary/aromatic N) is 2. The number of methoxy groups -OCH3 is 1. The first kappa shape index (κ1) is 21.4. The number of fused-ring (bicyclic) bond motifs is 1. The molecule has 0 aliphatic carbocycles. The molecule has 2 heterocycles. The lowest BCUT2D eigenvalue weighted by atomic mass is 10.1. The average Bonchev–Trinajstić information content (AvgIpc) is 2.71. The monoisotopic (exact) mass is 438 g/mol. The van der Waals surface area contributed by atoms with Gasteiger partial charge in [0.15, 0.2) is 11.5 Å². The minimum atomic E-state index is -0.471. The topological polar surface area (TPSA) is 68.3 Å². The molecule has 2 aromatic carbocycles. The second-order valence-corrected chi connectivity index (χ2v) is 6.97. The molecule has 1 saturated heterocycles. The first-order chi connectivity index (χ1) is 13.6. The molecule has 29 heavy (non-hydrogen) atoms. The summed E-state index contributed by atoms with van der Waals surface area (Å²) >= 11 is 5.87. The second-order valence-electron chi connectivity index (χ2n) is 6.56. The van der Waals surface area contributed by atoms with Crippen molar-refractivity contribution in [3.8, 4) is 11.5 Å². The molecule has 0 atom stereocenters. The number of ether oxygens (including phenoxy) is 2. The number of nitrogens with one attached hydrogen (secondary N) is 2. The molecular weight excluding hydrogens is 418 g/mol. The zero-order valence-corrected chi connectivity index (χ0v) is 17.3. The summed E-state index contributed by atoms with van der Waals surface area (Å²) < 4.78 is 25.1. The van der Waals surface area contributed by atoms with Crippen LogP contribution in [0.1, 0.15) is 12.8 Å². The van der Waals surface area contributed by atoms with Gasteiger partial charge in [0.1, 0.15) is 24.1 Å². The summed E-state index contributed by atoms with van der Waals surface area (Å²) in [4.78, 5) is 8.67. The fraction of sp³-hybridized carbons (Fsp3) is 0.300. The lowest BCUT2D eigenvalue weighted by Crippen LogP contribution is -2.34. The number of aromatic nitrogens is 2. The number of hydrogen-bond donors (Lipinski definition) is 2. The van der Waals surface area contributed by atoms with Crippen molar-refractivity contribution in [3.63, 3.8) is 0 Å². The van der Waals surface area contributed by atoms with E-state index < -0.39 is 5.82 Å². The van der Waals surface area contributed by atoms with Gasteiger partial charge in [0, 0.05) is 17.1 Å². The molecule has 154 valence electrons. The van der Waals surface area contributed by atoms with Gasteiger partial charge in [-0.2, -0.15) is 0 Å². The van der Waals surface area contributed by atoms with Crippen LogP contribution in [0.5, 0.6) is 11.5 Å². The normalized spacial score (nSPS) is 14.3. The van der Waals surface area contributed by atoms with E-state index in [1.807, 2.05) is 12.1 Å². The van der Waals surface area contributed by atoms with E-state index in [0.29, 0.717) is 23.0 Å². The van der Waals surface area contributed by atoms with Crippen LogP contribution < -0.4 is 20.1 Å². The standard InChI is InChI=1S/C20H20ClFN4O2.ClH/c1-27-18-9-14-17(10-19(18)28-13-4-6-23-7-5-13)24-11-25-20(14)26-12-2-3-16(22)15(21)8-12;/h2-3,8-11,13,23H,4-7H2,1H3,(H,24,25,26);1H. The largest absolute Gasteiger partial charge is 0.493 e. The Balaban J connectivity index is 0.00000240. The van der Waals surface area contributed by atoms with Crippen molar-refractivity contribution >= 4 is 46.4 Å². The van der Waals surface area contributed by atoms with Crippen LogP contribution in [0.4, 0.5) is 15.9 Å². The Morgan fingerprint density at radius 3 is 2.66 bits per heavy atom. The molecule has 1 aromatic heterocycles. The van der Waals surface area contributed by atoms with Gasteiger partial charge in [0.2, 0.25) is 0 Å². The van der Waals surface area contributed by atoms with Gasteiger partial charge < -0.3 is 20.1 Å². The SMILES string of the molecule is COc1cc2c(Nc3ccc(F)c(Cl)c3)ncnc2cc1OC1CCNCC1.Cl. The van der Waals surface area contributed by atoms with Crippen LogP contribution in [0.15, 0.2) is 36.7 Å². The van der Waals surface area contributed by atoms with Crippen molar-refractivity contribution in [1.82, 2.24) is 15.3 Å². The van der Waals surface area contributed by atoms with Gasteiger partial charge >= 0.3 is 0 Å². The first-order valence-corrected chi connectivity index (χ1v) is 9.44. The maximum absolute atomic E-state index is 13.4. The highest BCUT2D eigenvalue weighted by molar-refractivity contribution is 6.31. The first-order valence-electron chi connectivity index (χ1n) is 9.06. The van der Waals surface area contributed by atoms with Gasteiger partial charge in [-0.15, -0.1) is 12.4 Å². The molecule has 4 rings (SSSR count). The van der Waals surface area contributed by atoms with Crippen LogP contribution in [-0.4, -0.2) is 36.3 Å². The highest BCUT2D eigenvalue weighted by Crippen LogP contribution is 2.36. The number of rotatable bonds is 5. The number of piperidine rings is 1. The van der Waals surface area contributed by atoms with E-state index in [4.69, 9.17) is 21.1 Å². The number of anilines is 2. The lowest BCUT2D eigenvalue weighted by Gasteiger charge is -2.25. The highest BCUT2D eigenvalue weighted by atomic mass is 35.5. The molecular formula is C20H21Cl2FN4O2. The van der Waals surface area contributed by atoms with Crippen LogP contribution in [0.2, 0.25) is 5.02 Å². The number of hydrogen-bond acceptors (Lipinski definition) is 6. The fourth-order valence-electron chi connectivity index (χ4n) is 3.22. The molecule has 0 spiro atoms. The van der Waals surface area contributed by atoms with Crippen molar-refractivity contribution in [2.24, 2.45) is 0 Å². The molecule has 3 aromatic rings. The minimum Gasteiger partial charge on any atom is -0.493 e. The third-order valence-electron chi connectivity index (χ3n) is 4.68. The third kappa shape index (κ3) is 4.80. The number of benzene rings is 2. The van der Waals surface area contributed by atoms with E-state index in [9.17, 15) is 4.39 Å². The molecule has 0 radical (unpaired) electrons. The zero-order valence-electron chi connectivity index (χ0n) is 15.7. The Kier molecular flexibility index (Phi) is 6.95. The van der Waals surface area contributed by atoms with Gasteiger partial charge in [-0.1, -0.05) is 11.6 Å². The van der Waals surface area contributed by atoms with Crippen LogP contribution in [-0.2, 0) is 0 Å². The molecule has 1 aliphatic rings. The van der Waals surface area contributed by atoms with Gasteiger partial charge in [-0.3, -0.25) is 0 Å². The number of halogens is 3. The second kappa shape index (κ2) is 9.43. The highest BCUT2D eigenvalue weighted by Gasteiger charge is 2.18. The molecule has 2 N–H and O–H groups in total. The maximum Gasteiger partial charge on any atom is 0.163 e. The summed E-state index contributed by atoms with van der Waals surface area (Å²) in [7, 11) is 1.60. The van der Waals surface area contributed by atoms with Gasteiger partial charge in [-0.25, -0.2) is 14.4 Å². The summed E-state index contributed by atoms with van der Waals surface area (Å²) in [6.07, 6.45) is 3.51. The van der Waals surface area contributed by atoms with Crippen LogP contribution in [0.25, 0.3) is 10.9 Å². The van der Waals surface area contributed by atoms with Gasteiger partial charge in [0.05, 0.1) is 17.6 Å². The van der Waals surface area contributed by atoms with Crippen molar-refractivity contribution in [3.05, 3.63) is 47.5 Å². The summed E-state index contributed by atoms with van der Waals surface area (Å²) in [5.41, 5.74) is 1.34. The summed E-state index contributed by atoms with van der Waals surface area (Å²) in [5, 5.41) is 7.29. The van der Waals surface area contributed by atoms with E-state index in [-0.39, 0.29) is 23.5 Å². The van der Waals surface area contributed by atoms with Crippen molar-refractivity contribution < 1.29 is 13.9 Å². The van der Waals surface area contributed by atoms with Crippen molar-refractivity contribution in [1.29, 1.82) is 0 Å². The summed E-state index contributed by atoms with van der Waals surface area (Å²) in [6.45, 7) is 1.88. The summed E-state index contributed by atoms with van der Waals surface area (Å²) in [5.74, 6) is 1.37. The van der Waals surface area contributed by atoms with Gasteiger partial charge in [0.25, 0.3) is 0 Å². The molecule has 6 nitrogen and oxygen atoms in total. The molecule has 1 aliphatic heterocycles. The predicted molar refractivity (Wildman–Crippen MR) is 115 cm³/mol. The smallest absolute Gasteiger partial charge is 0.163 e. The predicted octanol–water partition coefficient (Wildman–Crippen LogP) is 4.73. The molecule has 0 unspecified atom stereocenters. The van der Waals surface area contributed by atoms with Crippen molar-refractivity contribution in [2.75, 3.05) is 25.5 Å². The Morgan fingerprint density at radius 2 is 1.93 bits per heavy atom. The van der Waals surface area contributed by atoms with Crippen molar-refractivity contribution in [2.45, 2.75) is 18.9 Å². The van der Waals surface area contributed by atoms with Crippen LogP contribution >= 0.6 is 24.0 Å². The zero-order chi connectivity index (χ0) is 19.5. The molecule has 9 heteroatoms. The Hall–Kier alpha value is -2.35. The molecule has 0 amide bonds. The lowest BCUT2D eigenvalue weighted by molar-refractivity contribution is 0.157. The average molecular weight is 439 g/mol. The summed E-state index contributed by atoms with van der Waals surface area (Å²) in [6, 6.07) is 8.12. The Labute approximate surface area is 179 Å². The van der Waals surface area contributed by atoms with E-state index in [2.05, 4.69) is 20.6 Å². The van der Waals surface area contributed by atoms with Crippen LogP contribution in [0.3, 0.4) is 0 Å². The third-order valence-corrected chi connectivity index (χ3v) is 4.97. The fourth-order valence-corrected chi connectivity index (χ4v) is 3.40.